The highest BCUT2D eigenvalue weighted by Crippen LogP contribution is 2.20. The van der Waals surface area contributed by atoms with Crippen LogP contribution in [0.2, 0.25) is 0 Å². The number of hydrogen-bond acceptors (Lipinski definition) is 5. The summed E-state index contributed by atoms with van der Waals surface area (Å²) in [6.07, 6.45) is 1.44. The highest BCUT2D eigenvalue weighted by Gasteiger charge is 2.24. The number of esters is 1. The molecule has 2 heterocycles. The number of fused-ring (bicyclic) bond motifs is 1. The van der Waals surface area contributed by atoms with E-state index in [-0.39, 0.29) is 13.2 Å². The van der Waals surface area contributed by atoms with E-state index in [1.54, 1.807) is 13.0 Å². The summed E-state index contributed by atoms with van der Waals surface area (Å²) < 4.78 is 7.40. The topological polar surface area (TPSA) is 85.8 Å². The number of ether oxygens (including phenoxy) is 1. The summed E-state index contributed by atoms with van der Waals surface area (Å²) in [5.41, 5.74) is 0.179. The molecule has 0 aliphatic heterocycles. The lowest BCUT2D eigenvalue weighted by atomic mass is 10.2. The fourth-order valence-electron chi connectivity index (χ4n) is 2.41. The molecule has 7 heteroatoms. The van der Waals surface area contributed by atoms with Gasteiger partial charge < -0.3 is 9.84 Å². The first-order valence-corrected chi connectivity index (χ1v) is 7.14. The molecule has 118 valence electrons. The van der Waals surface area contributed by atoms with E-state index in [1.807, 2.05) is 30.3 Å². The summed E-state index contributed by atoms with van der Waals surface area (Å²) in [6.45, 7) is 2.02. The summed E-state index contributed by atoms with van der Waals surface area (Å²) in [6, 6.07) is 11.0. The van der Waals surface area contributed by atoms with E-state index in [2.05, 4.69) is 5.10 Å². The van der Waals surface area contributed by atoms with Crippen LogP contribution in [0, 0.1) is 0 Å². The van der Waals surface area contributed by atoms with Crippen LogP contribution < -0.4 is 5.56 Å². The minimum atomic E-state index is -0.866. The van der Waals surface area contributed by atoms with Crippen LogP contribution in [0.1, 0.15) is 22.8 Å². The summed E-state index contributed by atoms with van der Waals surface area (Å²) in [5, 5.41) is 14.4. The third kappa shape index (κ3) is 2.57. The molecule has 7 nitrogen and oxygen atoms in total. The van der Waals surface area contributed by atoms with E-state index >= 15 is 0 Å². The summed E-state index contributed by atoms with van der Waals surface area (Å²) in [7, 11) is 0. The molecule has 0 unspecified atom stereocenters. The lowest BCUT2D eigenvalue weighted by Gasteiger charge is -2.14. The maximum Gasteiger partial charge on any atom is 0.349 e. The number of benzene rings is 1. The van der Waals surface area contributed by atoms with Gasteiger partial charge in [-0.3, -0.25) is 9.36 Å². The fraction of sp³-hybridized carbons (Fsp3) is 0.188. The van der Waals surface area contributed by atoms with Crippen molar-refractivity contribution in [2.75, 3.05) is 6.61 Å². The van der Waals surface area contributed by atoms with E-state index in [0.717, 1.165) is 10.1 Å². The van der Waals surface area contributed by atoms with Gasteiger partial charge in [-0.25, -0.2) is 4.79 Å². The first kappa shape index (κ1) is 14.8. The average Bonchev–Trinajstić information content (AvgIpc) is 3.03. The van der Waals surface area contributed by atoms with Crippen LogP contribution in [0.5, 0.6) is 5.88 Å². The van der Waals surface area contributed by atoms with Gasteiger partial charge in [-0.05, 0) is 12.5 Å². The van der Waals surface area contributed by atoms with Gasteiger partial charge in [0.25, 0.3) is 5.56 Å². The Morgan fingerprint density at radius 3 is 2.70 bits per heavy atom. The lowest BCUT2D eigenvalue weighted by Crippen LogP contribution is -2.27. The maximum absolute atomic E-state index is 12.4. The predicted molar refractivity (Wildman–Crippen MR) is 82.6 cm³/mol. The summed E-state index contributed by atoms with van der Waals surface area (Å²) >= 11 is 0. The van der Waals surface area contributed by atoms with Gasteiger partial charge in [0, 0.05) is 6.07 Å². The Morgan fingerprint density at radius 2 is 2.00 bits per heavy atom. The van der Waals surface area contributed by atoms with Gasteiger partial charge >= 0.3 is 5.97 Å². The SMILES string of the molecule is CCOC(=O)c1c(O)n(Cc2ccccc2)c2ccnn2c1=O. The van der Waals surface area contributed by atoms with Crippen LogP contribution in [0.3, 0.4) is 0 Å². The Morgan fingerprint density at radius 1 is 1.26 bits per heavy atom. The Labute approximate surface area is 131 Å². The van der Waals surface area contributed by atoms with Gasteiger partial charge in [-0.1, -0.05) is 30.3 Å². The van der Waals surface area contributed by atoms with E-state index in [0.29, 0.717) is 5.65 Å². The monoisotopic (exact) mass is 313 g/mol. The minimum Gasteiger partial charge on any atom is -0.494 e. The molecule has 2 aromatic heterocycles. The first-order chi connectivity index (χ1) is 11.1. The van der Waals surface area contributed by atoms with Crippen LogP contribution in [0.4, 0.5) is 0 Å². The second-order valence-corrected chi connectivity index (χ2v) is 4.90. The van der Waals surface area contributed by atoms with Crippen molar-refractivity contribution in [2.24, 2.45) is 0 Å². The van der Waals surface area contributed by atoms with Gasteiger partial charge in [0.2, 0.25) is 5.88 Å². The summed E-state index contributed by atoms with van der Waals surface area (Å²) in [4.78, 5) is 24.4. The van der Waals surface area contributed by atoms with Crippen molar-refractivity contribution in [1.29, 1.82) is 0 Å². The zero-order valence-corrected chi connectivity index (χ0v) is 12.5. The molecule has 1 N–H and O–H groups in total. The number of aromatic hydroxyl groups is 1. The van der Waals surface area contributed by atoms with Gasteiger partial charge in [0.1, 0.15) is 5.65 Å². The molecule has 0 saturated heterocycles. The van der Waals surface area contributed by atoms with Crippen molar-refractivity contribution in [2.45, 2.75) is 13.5 Å². The molecule has 0 saturated carbocycles. The van der Waals surface area contributed by atoms with Crippen molar-refractivity contribution in [3.63, 3.8) is 0 Å². The van der Waals surface area contributed by atoms with Crippen molar-refractivity contribution < 1.29 is 14.6 Å². The van der Waals surface area contributed by atoms with E-state index in [9.17, 15) is 14.7 Å². The molecule has 0 amide bonds. The van der Waals surface area contributed by atoms with Gasteiger partial charge in [-0.2, -0.15) is 9.61 Å². The zero-order chi connectivity index (χ0) is 16.4. The molecule has 3 aromatic rings. The third-order valence-corrected chi connectivity index (χ3v) is 3.45. The molecule has 0 aliphatic carbocycles. The Balaban J connectivity index is 2.22. The smallest absolute Gasteiger partial charge is 0.349 e. The van der Waals surface area contributed by atoms with E-state index in [1.165, 1.54) is 10.8 Å². The van der Waals surface area contributed by atoms with E-state index in [4.69, 9.17) is 4.74 Å². The van der Waals surface area contributed by atoms with Crippen LogP contribution in [-0.2, 0) is 11.3 Å². The van der Waals surface area contributed by atoms with Gasteiger partial charge in [0.05, 0.1) is 19.3 Å². The number of carbonyl (C=O) groups is 1. The van der Waals surface area contributed by atoms with Crippen LogP contribution >= 0.6 is 0 Å². The van der Waals surface area contributed by atoms with Crippen molar-refractivity contribution in [1.82, 2.24) is 14.2 Å². The fourth-order valence-corrected chi connectivity index (χ4v) is 2.41. The van der Waals surface area contributed by atoms with Gasteiger partial charge in [0.15, 0.2) is 5.56 Å². The number of carbonyl (C=O) groups excluding carboxylic acids is 1. The molecule has 0 spiro atoms. The highest BCUT2D eigenvalue weighted by molar-refractivity contribution is 5.91. The average molecular weight is 313 g/mol. The third-order valence-electron chi connectivity index (χ3n) is 3.45. The molecule has 0 atom stereocenters. The quantitative estimate of drug-likeness (QED) is 0.736. The Hall–Kier alpha value is -3.09. The molecular formula is C16H15N3O4. The van der Waals surface area contributed by atoms with Crippen molar-refractivity contribution >= 4 is 11.6 Å². The Kier molecular flexibility index (Phi) is 3.84. The zero-order valence-electron chi connectivity index (χ0n) is 12.5. The van der Waals surface area contributed by atoms with Gasteiger partial charge in [-0.15, -0.1) is 0 Å². The standard InChI is InChI=1S/C16H15N3O4/c1-2-23-16(22)13-14(20)18(10-11-6-4-3-5-7-11)12-8-9-17-19(12)15(13)21/h3-9,20H,2,10H2,1H3. The number of hydrogen-bond donors (Lipinski definition) is 1. The summed E-state index contributed by atoms with van der Waals surface area (Å²) in [5.74, 6) is -1.29. The molecule has 0 radical (unpaired) electrons. The van der Waals surface area contributed by atoms with Crippen molar-refractivity contribution in [3.8, 4) is 5.88 Å². The number of aromatic nitrogens is 3. The lowest BCUT2D eigenvalue weighted by molar-refractivity contribution is 0.0518. The van der Waals surface area contributed by atoms with Crippen LogP contribution in [-0.4, -0.2) is 31.9 Å². The predicted octanol–water partition coefficient (Wildman–Crippen LogP) is 1.43. The largest absolute Gasteiger partial charge is 0.494 e. The number of rotatable bonds is 4. The second kappa shape index (κ2) is 5.96. The molecule has 0 bridgehead atoms. The normalized spacial score (nSPS) is 10.8. The first-order valence-electron chi connectivity index (χ1n) is 7.14. The molecule has 0 fully saturated rings. The van der Waals surface area contributed by atoms with E-state index < -0.39 is 23.0 Å². The molecule has 23 heavy (non-hydrogen) atoms. The second-order valence-electron chi connectivity index (χ2n) is 4.90. The maximum atomic E-state index is 12.4. The molecule has 0 aliphatic rings. The number of nitrogens with zero attached hydrogens (tertiary/aromatic N) is 3. The molecule has 3 rings (SSSR count). The molecular weight excluding hydrogens is 298 g/mol. The minimum absolute atomic E-state index is 0.105. The van der Waals surface area contributed by atoms with Crippen molar-refractivity contribution in [3.05, 3.63) is 64.1 Å². The van der Waals surface area contributed by atoms with Crippen LogP contribution in [0.15, 0.2) is 47.4 Å². The highest BCUT2D eigenvalue weighted by atomic mass is 16.5. The molecule has 1 aromatic carbocycles. The van der Waals surface area contributed by atoms with Crippen LogP contribution in [0.25, 0.3) is 5.65 Å². The Bertz CT molecular complexity index is 912.